The monoisotopic (exact) mass is 534 g/mol. The average molecular weight is 534 g/mol. The molecule has 0 amide bonds. The summed E-state index contributed by atoms with van der Waals surface area (Å²) in [5, 5.41) is -3.23. The summed E-state index contributed by atoms with van der Waals surface area (Å²) in [5.41, 5.74) is 0.561. The first-order valence-electron chi connectivity index (χ1n) is 9.54. The molecule has 14 heteroatoms. The molecular formula is C20H20F6O6S2. The maximum atomic E-state index is 13.5. The molecule has 0 radical (unpaired) electrons. The van der Waals surface area contributed by atoms with E-state index in [0.717, 1.165) is 6.07 Å². The van der Waals surface area contributed by atoms with Crippen LogP contribution in [0.3, 0.4) is 0 Å². The highest BCUT2D eigenvalue weighted by atomic mass is 32.2. The zero-order chi connectivity index (χ0) is 25.9. The van der Waals surface area contributed by atoms with Gasteiger partial charge < -0.3 is 4.18 Å². The van der Waals surface area contributed by atoms with E-state index in [-0.39, 0.29) is 12.0 Å². The third kappa shape index (κ3) is 8.47. The molecular weight excluding hydrogens is 514 g/mol. The lowest BCUT2D eigenvalue weighted by Gasteiger charge is -2.26. The molecule has 0 aliphatic carbocycles. The largest absolute Gasteiger partial charge is 0.407 e. The molecule has 2 aromatic rings. The van der Waals surface area contributed by atoms with Crippen LogP contribution < -0.4 is 4.18 Å². The molecule has 0 heterocycles. The first-order chi connectivity index (χ1) is 15.4. The molecule has 0 aliphatic rings. The lowest BCUT2D eigenvalue weighted by atomic mass is 9.86. The molecule has 0 fully saturated rings. The SMILES string of the molecule is Cc1ccc(OS(=O)(=O)CC(F)(F)F)c(C(Cc2ccccc2)CC(C(F)(F)F)S(=O)(=O)O)c1. The van der Waals surface area contributed by atoms with Gasteiger partial charge in [0.25, 0.3) is 10.1 Å². The van der Waals surface area contributed by atoms with Crippen LogP contribution in [0.4, 0.5) is 26.3 Å². The van der Waals surface area contributed by atoms with E-state index >= 15 is 0 Å². The van der Waals surface area contributed by atoms with Gasteiger partial charge in [0.15, 0.2) is 11.0 Å². The molecule has 0 aromatic heterocycles. The lowest BCUT2D eigenvalue weighted by Crippen LogP contribution is -2.38. The maximum absolute atomic E-state index is 13.5. The summed E-state index contributed by atoms with van der Waals surface area (Å²) >= 11 is 0. The van der Waals surface area contributed by atoms with Crippen LogP contribution in [0.25, 0.3) is 0 Å². The van der Waals surface area contributed by atoms with Gasteiger partial charge in [-0.15, -0.1) is 0 Å². The summed E-state index contributed by atoms with van der Waals surface area (Å²) < 4.78 is 139. The van der Waals surface area contributed by atoms with Crippen LogP contribution in [0.1, 0.15) is 29.0 Å². The fourth-order valence-electron chi connectivity index (χ4n) is 3.33. The fraction of sp³-hybridized carbons (Fsp3) is 0.400. The van der Waals surface area contributed by atoms with Crippen molar-refractivity contribution in [3.8, 4) is 5.75 Å². The van der Waals surface area contributed by atoms with Crippen LogP contribution in [-0.2, 0) is 26.7 Å². The Morgan fingerprint density at radius 3 is 2.03 bits per heavy atom. The summed E-state index contributed by atoms with van der Waals surface area (Å²) in [7, 11) is -10.9. The van der Waals surface area contributed by atoms with Crippen molar-refractivity contribution in [2.24, 2.45) is 0 Å². The molecule has 2 unspecified atom stereocenters. The predicted octanol–water partition coefficient (Wildman–Crippen LogP) is 4.80. The predicted molar refractivity (Wildman–Crippen MR) is 111 cm³/mol. The Balaban J connectivity index is 2.61. The van der Waals surface area contributed by atoms with E-state index in [4.69, 9.17) is 0 Å². The number of alkyl halides is 6. The van der Waals surface area contributed by atoms with Gasteiger partial charge in [0, 0.05) is 0 Å². The topological polar surface area (TPSA) is 97.7 Å². The number of hydrogen-bond acceptors (Lipinski definition) is 5. The van der Waals surface area contributed by atoms with Crippen molar-refractivity contribution in [2.45, 2.75) is 43.3 Å². The van der Waals surface area contributed by atoms with Gasteiger partial charge >= 0.3 is 22.5 Å². The van der Waals surface area contributed by atoms with Crippen LogP contribution in [0.2, 0.25) is 0 Å². The Morgan fingerprint density at radius 2 is 1.53 bits per heavy atom. The Kier molecular flexibility index (Phi) is 8.31. The highest BCUT2D eigenvalue weighted by molar-refractivity contribution is 7.87. The minimum Gasteiger partial charge on any atom is -0.382 e. The Bertz CT molecular complexity index is 1190. The van der Waals surface area contributed by atoms with Gasteiger partial charge in [-0.25, -0.2) is 0 Å². The quantitative estimate of drug-likeness (QED) is 0.282. The number of hydrogen-bond donors (Lipinski definition) is 1. The molecule has 34 heavy (non-hydrogen) atoms. The third-order valence-electron chi connectivity index (χ3n) is 4.71. The summed E-state index contributed by atoms with van der Waals surface area (Å²) in [6, 6.07) is 11.2. The van der Waals surface area contributed by atoms with Crippen LogP contribution >= 0.6 is 0 Å². The van der Waals surface area contributed by atoms with Gasteiger partial charge in [-0.2, -0.15) is 43.2 Å². The molecule has 6 nitrogen and oxygen atoms in total. The van der Waals surface area contributed by atoms with Crippen molar-refractivity contribution in [1.82, 2.24) is 0 Å². The minimum atomic E-state index is -5.63. The molecule has 0 spiro atoms. The molecule has 2 atom stereocenters. The second kappa shape index (κ2) is 10.1. The van der Waals surface area contributed by atoms with Crippen molar-refractivity contribution in [3.05, 3.63) is 65.2 Å². The summed E-state index contributed by atoms with van der Waals surface area (Å²) in [6.45, 7) is 1.49. The van der Waals surface area contributed by atoms with Gasteiger partial charge in [0.1, 0.15) is 5.75 Å². The average Bonchev–Trinajstić information content (AvgIpc) is 2.63. The molecule has 2 aromatic carbocycles. The first-order valence-corrected chi connectivity index (χ1v) is 12.6. The zero-order valence-corrected chi connectivity index (χ0v) is 19.1. The Labute approximate surface area is 192 Å². The second-order valence-electron chi connectivity index (χ2n) is 7.61. The van der Waals surface area contributed by atoms with E-state index in [2.05, 4.69) is 4.18 Å². The highest BCUT2D eigenvalue weighted by Gasteiger charge is 2.49. The number of benzene rings is 2. The molecule has 0 saturated carbocycles. The van der Waals surface area contributed by atoms with E-state index in [1.165, 1.54) is 31.2 Å². The normalized spacial score (nSPS) is 15.1. The van der Waals surface area contributed by atoms with E-state index in [0.29, 0.717) is 11.1 Å². The molecule has 1 N–H and O–H groups in total. The zero-order valence-electron chi connectivity index (χ0n) is 17.5. The Hall–Kier alpha value is -2.32. The van der Waals surface area contributed by atoms with Crippen LogP contribution in [0.5, 0.6) is 5.75 Å². The minimum absolute atomic E-state index is 0.257. The van der Waals surface area contributed by atoms with Gasteiger partial charge in [-0.05, 0) is 42.9 Å². The van der Waals surface area contributed by atoms with Gasteiger partial charge in [-0.3, -0.25) is 4.55 Å². The van der Waals surface area contributed by atoms with E-state index in [1.807, 2.05) is 0 Å². The molecule has 0 bridgehead atoms. The maximum Gasteiger partial charge on any atom is 0.407 e. The van der Waals surface area contributed by atoms with Gasteiger partial charge in [0.05, 0.1) is 0 Å². The van der Waals surface area contributed by atoms with Gasteiger partial charge in [-0.1, -0.05) is 48.0 Å². The molecule has 2 rings (SSSR count). The molecule has 0 saturated heterocycles. The van der Waals surface area contributed by atoms with E-state index in [9.17, 15) is 47.7 Å². The Morgan fingerprint density at radius 1 is 0.941 bits per heavy atom. The first kappa shape index (κ1) is 27.9. The van der Waals surface area contributed by atoms with Crippen molar-refractivity contribution in [2.75, 3.05) is 5.75 Å². The number of halogens is 6. The number of aryl methyl sites for hydroxylation is 1. The van der Waals surface area contributed by atoms with Gasteiger partial charge in [0.2, 0.25) is 0 Å². The van der Waals surface area contributed by atoms with E-state index in [1.54, 1.807) is 18.2 Å². The number of rotatable bonds is 9. The summed E-state index contributed by atoms with van der Waals surface area (Å²) in [4.78, 5) is 0. The molecule has 190 valence electrons. The van der Waals surface area contributed by atoms with Crippen molar-refractivity contribution >= 4 is 20.2 Å². The lowest BCUT2D eigenvalue weighted by molar-refractivity contribution is -0.133. The van der Waals surface area contributed by atoms with Crippen molar-refractivity contribution in [3.63, 3.8) is 0 Å². The van der Waals surface area contributed by atoms with Crippen LogP contribution in [0, 0.1) is 6.92 Å². The van der Waals surface area contributed by atoms with Crippen LogP contribution in [-0.4, -0.2) is 44.7 Å². The second-order valence-corrected chi connectivity index (χ2v) is 10.8. The third-order valence-corrected chi connectivity index (χ3v) is 7.00. The molecule has 0 aliphatic heterocycles. The summed E-state index contributed by atoms with van der Waals surface area (Å²) in [5.74, 6) is -4.42. The smallest absolute Gasteiger partial charge is 0.382 e. The highest BCUT2D eigenvalue weighted by Crippen LogP contribution is 2.39. The van der Waals surface area contributed by atoms with E-state index < -0.39 is 61.7 Å². The van der Waals surface area contributed by atoms with Crippen LogP contribution in [0.15, 0.2) is 48.5 Å². The standard InChI is InChI=1S/C20H20F6O6S2/c1-13-7-8-17(32-33(27,28)12-19(21,22)23)16(9-13)15(10-14-5-3-2-4-6-14)11-18(20(24,25)26)34(29,30)31/h2-9,15,18H,10-12H2,1H3,(H,29,30,31). The fourth-order valence-corrected chi connectivity index (χ4v) is 5.03. The van der Waals surface area contributed by atoms with Crippen molar-refractivity contribution in [1.29, 1.82) is 0 Å². The van der Waals surface area contributed by atoms with Crippen molar-refractivity contribution < 1.29 is 51.9 Å². The summed E-state index contributed by atoms with van der Waals surface area (Å²) in [6.07, 6.45) is -12.0.